The molecular formula is C11H9F2N5O2. The summed E-state index contributed by atoms with van der Waals surface area (Å²) in [6.07, 6.45) is 0.971. The van der Waals surface area contributed by atoms with Gasteiger partial charge in [0, 0.05) is 7.05 Å². The van der Waals surface area contributed by atoms with Gasteiger partial charge in [0.05, 0.1) is 10.6 Å². The first-order valence-electron chi connectivity index (χ1n) is 5.43. The molecule has 0 aliphatic heterocycles. The van der Waals surface area contributed by atoms with E-state index in [1.54, 1.807) is 0 Å². The zero-order valence-corrected chi connectivity index (χ0v) is 10.2. The zero-order valence-electron chi connectivity index (χ0n) is 10.2. The predicted molar refractivity (Wildman–Crippen MR) is 67.9 cm³/mol. The van der Waals surface area contributed by atoms with Gasteiger partial charge in [0.25, 0.3) is 0 Å². The molecule has 0 radical (unpaired) electrons. The van der Waals surface area contributed by atoms with Gasteiger partial charge in [-0.05, 0) is 12.1 Å². The molecule has 0 unspecified atom stereocenters. The molecule has 20 heavy (non-hydrogen) atoms. The van der Waals surface area contributed by atoms with Crippen molar-refractivity contribution in [3.8, 4) is 0 Å². The number of hydrogen-bond acceptors (Lipinski definition) is 6. The van der Waals surface area contributed by atoms with Crippen LogP contribution >= 0.6 is 0 Å². The molecule has 0 amide bonds. The molecule has 0 aliphatic rings. The smallest absolute Gasteiger partial charge is 0.329 e. The molecule has 1 aromatic carbocycles. The fraction of sp³-hybridized carbons (Fsp3) is 0.0909. The molecule has 104 valence electrons. The van der Waals surface area contributed by atoms with Crippen LogP contribution < -0.4 is 10.6 Å². The lowest BCUT2D eigenvalue weighted by Crippen LogP contribution is -2.05. The molecule has 0 spiro atoms. The van der Waals surface area contributed by atoms with Gasteiger partial charge in [0.2, 0.25) is 11.8 Å². The van der Waals surface area contributed by atoms with Crippen LogP contribution in [0.25, 0.3) is 0 Å². The second-order valence-electron chi connectivity index (χ2n) is 3.66. The number of anilines is 3. The molecule has 2 aromatic rings. The maximum absolute atomic E-state index is 13.5. The van der Waals surface area contributed by atoms with Gasteiger partial charge in [-0.3, -0.25) is 10.1 Å². The molecule has 0 atom stereocenters. The van der Waals surface area contributed by atoms with E-state index >= 15 is 0 Å². The highest BCUT2D eigenvalue weighted by Crippen LogP contribution is 2.27. The largest absolute Gasteiger partial charge is 0.357 e. The average Bonchev–Trinajstić information content (AvgIpc) is 2.43. The number of hydrogen-bond donors (Lipinski definition) is 2. The van der Waals surface area contributed by atoms with Crippen LogP contribution in [0.2, 0.25) is 0 Å². The van der Waals surface area contributed by atoms with Crippen molar-refractivity contribution in [3.05, 3.63) is 46.1 Å². The highest BCUT2D eigenvalue weighted by atomic mass is 19.2. The summed E-state index contributed by atoms with van der Waals surface area (Å²) in [7, 11) is 1.52. The number of halogens is 2. The van der Waals surface area contributed by atoms with Crippen molar-refractivity contribution in [3.63, 3.8) is 0 Å². The summed E-state index contributed by atoms with van der Waals surface area (Å²) in [4.78, 5) is 17.6. The summed E-state index contributed by atoms with van der Waals surface area (Å²) >= 11 is 0. The maximum atomic E-state index is 13.5. The molecule has 2 N–H and O–H groups in total. The Morgan fingerprint density at radius 1 is 1.35 bits per heavy atom. The van der Waals surface area contributed by atoms with Gasteiger partial charge in [-0.25, -0.2) is 13.8 Å². The standard InChI is InChI=1S/C11H9F2N5O2/c1-14-11-15-5-8(18(19)20)10(17-11)16-7-4-2-3-6(12)9(7)13/h2-5H,1H3,(H2,14,15,16,17). The Balaban J connectivity index is 2.46. The molecule has 0 fully saturated rings. The van der Waals surface area contributed by atoms with E-state index in [9.17, 15) is 18.9 Å². The van der Waals surface area contributed by atoms with E-state index in [0.29, 0.717) is 0 Å². The van der Waals surface area contributed by atoms with Crippen LogP contribution in [0.15, 0.2) is 24.4 Å². The normalized spacial score (nSPS) is 10.2. The third-order valence-corrected chi connectivity index (χ3v) is 2.39. The van der Waals surface area contributed by atoms with Crippen LogP contribution in [0.1, 0.15) is 0 Å². The van der Waals surface area contributed by atoms with E-state index in [-0.39, 0.29) is 17.5 Å². The van der Waals surface area contributed by atoms with E-state index in [0.717, 1.165) is 12.3 Å². The van der Waals surface area contributed by atoms with Gasteiger partial charge in [0.1, 0.15) is 6.20 Å². The molecule has 0 saturated heterocycles. The van der Waals surface area contributed by atoms with E-state index in [1.807, 2.05) is 0 Å². The second-order valence-corrected chi connectivity index (χ2v) is 3.66. The summed E-state index contributed by atoms with van der Waals surface area (Å²) < 4.78 is 26.6. The van der Waals surface area contributed by atoms with Crippen LogP contribution in [-0.2, 0) is 0 Å². The lowest BCUT2D eigenvalue weighted by Gasteiger charge is -2.08. The molecule has 2 rings (SSSR count). The van der Waals surface area contributed by atoms with Gasteiger partial charge < -0.3 is 10.6 Å². The van der Waals surface area contributed by atoms with Crippen LogP contribution in [0.4, 0.5) is 31.9 Å². The molecule has 7 nitrogen and oxygen atoms in total. The van der Waals surface area contributed by atoms with Crippen molar-refractivity contribution >= 4 is 23.1 Å². The minimum Gasteiger partial charge on any atom is -0.357 e. The van der Waals surface area contributed by atoms with Gasteiger partial charge in [-0.2, -0.15) is 4.98 Å². The van der Waals surface area contributed by atoms with Crippen LogP contribution in [0.3, 0.4) is 0 Å². The predicted octanol–water partition coefficient (Wildman–Crippen LogP) is 2.45. The first kappa shape index (κ1) is 13.6. The molecule has 1 heterocycles. The molecule has 0 saturated carbocycles. The zero-order chi connectivity index (χ0) is 14.7. The lowest BCUT2D eigenvalue weighted by atomic mass is 10.3. The van der Waals surface area contributed by atoms with Crippen molar-refractivity contribution in [1.29, 1.82) is 0 Å². The SMILES string of the molecule is CNc1ncc([N+](=O)[O-])c(Nc2cccc(F)c2F)n1. The number of aromatic nitrogens is 2. The van der Waals surface area contributed by atoms with Crippen molar-refractivity contribution in [2.45, 2.75) is 0 Å². The van der Waals surface area contributed by atoms with Gasteiger partial charge >= 0.3 is 5.69 Å². The minimum atomic E-state index is -1.15. The van der Waals surface area contributed by atoms with Crippen molar-refractivity contribution < 1.29 is 13.7 Å². The van der Waals surface area contributed by atoms with E-state index in [2.05, 4.69) is 20.6 Å². The highest BCUT2D eigenvalue weighted by Gasteiger charge is 2.19. The number of benzene rings is 1. The molecule has 0 aliphatic carbocycles. The van der Waals surface area contributed by atoms with Gasteiger partial charge in [-0.15, -0.1) is 0 Å². The Morgan fingerprint density at radius 2 is 2.10 bits per heavy atom. The fourth-order valence-electron chi connectivity index (χ4n) is 1.45. The molecular weight excluding hydrogens is 272 g/mol. The Kier molecular flexibility index (Phi) is 3.69. The summed E-state index contributed by atoms with van der Waals surface area (Å²) in [5, 5.41) is 15.8. The Morgan fingerprint density at radius 3 is 2.75 bits per heavy atom. The summed E-state index contributed by atoms with van der Waals surface area (Å²) in [5.74, 6) is -2.35. The number of nitrogens with one attached hydrogen (secondary N) is 2. The number of nitrogens with zero attached hydrogens (tertiary/aromatic N) is 3. The maximum Gasteiger partial charge on any atom is 0.329 e. The first-order valence-corrected chi connectivity index (χ1v) is 5.43. The lowest BCUT2D eigenvalue weighted by molar-refractivity contribution is -0.384. The quantitative estimate of drug-likeness (QED) is 0.660. The number of rotatable bonds is 4. The molecule has 1 aromatic heterocycles. The van der Waals surface area contributed by atoms with Gasteiger partial charge in [-0.1, -0.05) is 6.07 Å². The summed E-state index contributed by atoms with van der Waals surface area (Å²) in [6.45, 7) is 0. The number of nitro groups is 1. The third-order valence-electron chi connectivity index (χ3n) is 2.39. The van der Waals surface area contributed by atoms with Gasteiger partial charge in [0.15, 0.2) is 11.6 Å². The molecule has 9 heteroatoms. The fourth-order valence-corrected chi connectivity index (χ4v) is 1.45. The minimum absolute atomic E-state index is 0.106. The van der Waals surface area contributed by atoms with Crippen LogP contribution in [-0.4, -0.2) is 21.9 Å². The van der Waals surface area contributed by atoms with E-state index < -0.39 is 22.2 Å². The monoisotopic (exact) mass is 281 g/mol. The van der Waals surface area contributed by atoms with Crippen LogP contribution in [0.5, 0.6) is 0 Å². The topological polar surface area (TPSA) is 93.0 Å². The Hall–Kier alpha value is -2.84. The van der Waals surface area contributed by atoms with Crippen molar-refractivity contribution in [2.24, 2.45) is 0 Å². The van der Waals surface area contributed by atoms with E-state index in [1.165, 1.54) is 19.2 Å². The first-order chi connectivity index (χ1) is 9.52. The van der Waals surface area contributed by atoms with Crippen molar-refractivity contribution in [2.75, 3.05) is 17.7 Å². The third kappa shape index (κ3) is 2.60. The van der Waals surface area contributed by atoms with E-state index in [4.69, 9.17) is 0 Å². The Bertz CT molecular complexity index is 665. The van der Waals surface area contributed by atoms with Crippen molar-refractivity contribution in [1.82, 2.24) is 9.97 Å². The summed E-state index contributed by atoms with van der Waals surface area (Å²) in [6, 6.07) is 3.45. The summed E-state index contributed by atoms with van der Waals surface area (Å²) in [5.41, 5.74) is -0.707. The highest BCUT2D eigenvalue weighted by molar-refractivity contribution is 5.66. The Labute approximate surface area is 111 Å². The second kappa shape index (κ2) is 5.43. The molecule has 0 bridgehead atoms. The average molecular weight is 281 g/mol. The van der Waals surface area contributed by atoms with Crippen LogP contribution in [0, 0.1) is 21.7 Å².